The maximum absolute atomic E-state index is 9.56. The van der Waals surface area contributed by atoms with Crippen molar-refractivity contribution in [3.63, 3.8) is 0 Å². The van der Waals surface area contributed by atoms with Crippen LogP contribution in [0.15, 0.2) is 24.5 Å². The van der Waals surface area contributed by atoms with E-state index in [0.29, 0.717) is 12.5 Å². The van der Waals surface area contributed by atoms with Crippen molar-refractivity contribution in [2.24, 2.45) is 5.92 Å². The van der Waals surface area contributed by atoms with Gasteiger partial charge in [-0.05, 0) is 37.1 Å². The van der Waals surface area contributed by atoms with Crippen LogP contribution in [0.4, 0.5) is 0 Å². The van der Waals surface area contributed by atoms with Crippen molar-refractivity contribution in [1.29, 1.82) is 0 Å². The fourth-order valence-electron chi connectivity index (χ4n) is 2.26. The van der Waals surface area contributed by atoms with E-state index in [2.05, 4.69) is 36.4 Å². The van der Waals surface area contributed by atoms with Gasteiger partial charge in [-0.3, -0.25) is 0 Å². The van der Waals surface area contributed by atoms with E-state index in [9.17, 15) is 5.11 Å². The summed E-state index contributed by atoms with van der Waals surface area (Å²) in [6.07, 6.45) is 3.53. The first-order valence-electron chi connectivity index (χ1n) is 6.89. The number of nitrogens with zero attached hydrogens (tertiary/aromatic N) is 2. The van der Waals surface area contributed by atoms with Crippen LogP contribution in [0.2, 0.25) is 0 Å². The molecule has 2 aromatic heterocycles. The van der Waals surface area contributed by atoms with E-state index < -0.39 is 0 Å². The minimum atomic E-state index is -0.367. The molecular formula is C15H23N3O. The molecule has 104 valence electrons. The Balaban J connectivity index is 2.23. The highest BCUT2D eigenvalue weighted by molar-refractivity contribution is 5.80. The van der Waals surface area contributed by atoms with Gasteiger partial charge in [-0.1, -0.05) is 13.8 Å². The predicted octanol–water partition coefficient (Wildman–Crippen LogP) is 2.16. The molecule has 1 atom stereocenters. The summed E-state index contributed by atoms with van der Waals surface area (Å²) in [5.74, 6) is 0.643. The Labute approximate surface area is 114 Å². The van der Waals surface area contributed by atoms with E-state index in [4.69, 9.17) is 0 Å². The monoisotopic (exact) mass is 261 g/mol. The quantitative estimate of drug-likeness (QED) is 0.838. The SMILES string of the molecule is CC(C)CNCc1cn(CC(C)O)c2ncccc12. The second-order valence-electron chi connectivity index (χ2n) is 5.56. The zero-order valence-electron chi connectivity index (χ0n) is 11.9. The molecule has 0 saturated heterocycles. The Morgan fingerprint density at radius 2 is 2.16 bits per heavy atom. The molecule has 2 aromatic rings. The minimum Gasteiger partial charge on any atom is -0.392 e. The third kappa shape index (κ3) is 3.55. The van der Waals surface area contributed by atoms with Crippen LogP contribution in [0.25, 0.3) is 11.0 Å². The van der Waals surface area contributed by atoms with Crippen molar-refractivity contribution in [2.75, 3.05) is 6.54 Å². The number of hydrogen-bond acceptors (Lipinski definition) is 3. The van der Waals surface area contributed by atoms with Crippen LogP contribution in [-0.2, 0) is 13.1 Å². The highest BCUT2D eigenvalue weighted by atomic mass is 16.3. The number of aromatic nitrogens is 2. The lowest BCUT2D eigenvalue weighted by Gasteiger charge is -2.06. The molecule has 0 aliphatic heterocycles. The Morgan fingerprint density at radius 1 is 1.37 bits per heavy atom. The summed E-state index contributed by atoms with van der Waals surface area (Å²) in [6.45, 7) is 8.62. The molecular weight excluding hydrogens is 238 g/mol. The van der Waals surface area contributed by atoms with Gasteiger partial charge in [-0.2, -0.15) is 0 Å². The number of rotatable bonds is 6. The van der Waals surface area contributed by atoms with Gasteiger partial charge in [-0.25, -0.2) is 4.98 Å². The molecule has 19 heavy (non-hydrogen) atoms. The van der Waals surface area contributed by atoms with Gasteiger partial charge in [0.05, 0.1) is 6.10 Å². The van der Waals surface area contributed by atoms with Gasteiger partial charge in [0.15, 0.2) is 0 Å². The highest BCUT2D eigenvalue weighted by Gasteiger charge is 2.10. The second kappa shape index (κ2) is 6.17. The fourth-order valence-corrected chi connectivity index (χ4v) is 2.26. The molecule has 0 aromatic carbocycles. The van der Waals surface area contributed by atoms with Gasteiger partial charge in [0.2, 0.25) is 0 Å². The summed E-state index contributed by atoms with van der Waals surface area (Å²) in [6, 6.07) is 4.05. The molecule has 4 nitrogen and oxygen atoms in total. The van der Waals surface area contributed by atoms with Gasteiger partial charge < -0.3 is 15.0 Å². The number of pyridine rings is 1. The molecule has 0 spiro atoms. The second-order valence-corrected chi connectivity index (χ2v) is 5.56. The standard InChI is InChI=1S/C15H23N3O/c1-11(2)7-16-8-13-10-18(9-12(3)19)15-14(13)5-4-6-17-15/h4-6,10-12,16,19H,7-9H2,1-3H3. The van der Waals surface area contributed by atoms with E-state index >= 15 is 0 Å². The topological polar surface area (TPSA) is 50.1 Å². The van der Waals surface area contributed by atoms with Crippen LogP contribution in [0.1, 0.15) is 26.3 Å². The molecule has 0 aliphatic rings. The molecule has 0 amide bonds. The smallest absolute Gasteiger partial charge is 0.140 e. The molecule has 2 N–H and O–H groups in total. The summed E-state index contributed by atoms with van der Waals surface area (Å²) >= 11 is 0. The summed E-state index contributed by atoms with van der Waals surface area (Å²) in [7, 11) is 0. The van der Waals surface area contributed by atoms with Crippen LogP contribution in [-0.4, -0.2) is 27.3 Å². The molecule has 0 aliphatic carbocycles. The molecule has 0 saturated carbocycles. The average Bonchev–Trinajstić information content (AvgIpc) is 2.67. The Bertz CT molecular complexity index is 531. The minimum absolute atomic E-state index is 0.367. The van der Waals surface area contributed by atoms with Crippen LogP contribution < -0.4 is 5.32 Å². The zero-order chi connectivity index (χ0) is 13.8. The number of hydrogen-bond donors (Lipinski definition) is 2. The van der Waals surface area contributed by atoms with Crippen LogP contribution in [0, 0.1) is 5.92 Å². The molecule has 0 radical (unpaired) electrons. The lowest BCUT2D eigenvalue weighted by molar-refractivity contribution is 0.175. The van der Waals surface area contributed by atoms with Crippen LogP contribution >= 0.6 is 0 Å². The zero-order valence-corrected chi connectivity index (χ0v) is 11.9. The number of nitrogens with one attached hydrogen (secondary N) is 1. The van der Waals surface area contributed by atoms with Crippen molar-refractivity contribution in [3.8, 4) is 0 Å². The maximum atomic E-state index is 9.56. The first-order valence-corrected chi connectivity index (χ1v) is 6.89. The summed E-state index contributed by atoms with van der Waals surface area (Å²) in [4.78, 5) is 4.42. The Hall–Kier alpha value is -1.39. The largest absolute Gasteiger partial charge is 0.392 e. The van der Waals surface area contributed by atoms with Crippen molar-refractivity contribution in [1.82, 2.24) is 14.9 Å². The first kappa shape index (κ1) is 14.0. The van der Waals surface area contributed by atoms with Gasteiger partial charge in [0, 0.05) is 30.9 Å². The predicted molar refractivity (Wildman–Crippen MR) is 78.0 cm³/mol. The van der Waals surface area contributed by atoms with E-state index in [1.165, 1.54) is 10.9 Å². The van der Waals surface area contributed by atoms with Crippen LogP contribution in [0.5, 0.6) is 0 Å². The van der Waals surface area contributed by atoms with Crippen LogP contribution in [0.3, 0.4) is 0 Å². The lowest BCUT2D eigenvalue weighted by atomic mass is 10.2. The van der Waals surface area contributed by atoms with Crippen molar-refractivity contribution in [2.45, 2.75) is 40.0 Å². The fraction of sp³-hybridized carbons (Fsp3) is 0.533. The van der Waals surface area contributed by atoms with E-state index in [1.54, 1.807) is 13.1 Å². The van der Waals surface area contributed by atoms with E-state index in [0.717, 1.165) is 18.7 Å². The number of aliphatic hydroxyl groups excluding tert-OH is 1. The van der Waals surface area contributed by atoms with Gasteiger partial charge in [0.25, 0.3) is 0 Å². The molecule has 2 rings (SSSR count). The number of aliphatic hydroxyl groups is 1. The first-order chi connectivity index (χ1) is 9.08. The Morgan fingerprint density at radius 3 is 2.84 bits per heavy atom. The molecule has 0 fully saturated rings. The van der Waals surface area contributed by atoms with Crippen molar-refractivity contribution < 1.29 is 5.11 Å². The molecule has 4 heteroatoms. The maximum Gasteiger partial charge on any atom is 0.140 e. The summed E-state index contributed by atoms with van der Waals surface area (Å²) < 4.78 is 2.03. The lowest BCUT2D eigenvalue weighted by Crippen LogP contribution is -2.18. The van der Waals surface area contributed by atoms with Crippen molar-refractivity contribution >= 4 is 11.0 Å². The average molecular weight is 261 g/mol. The summed E-state index contributed by atoms with van der Waals surface area (Å²) in [5.41, 5.74) is 2.19. The molecule has 1 unspecified atom stereocenters. The van der Waals surface area contributed by atoms with Gasteiger partial charge >= 0.3 is 0 Å². The Kier molecular flexibility index (Phi) is 4.56. The third-order valence-corrected chi connectivity index (χ3v) is 3.05. The number of fused-ring (bicyclic) bond motifs is 1. The normalized spacial score (nSPS) is 13.3. The summed E-state index contributed by atoms with van der Waals surface area (Å²) in [5, 5.41) is 14.2. The van der Waals surface area contributed by atoms with E-state index in [1.807, 2.05) is 10.6 Å². The van der Waals surface area contributed by atoms with Gasteiger partial charge in [-0.15, -0.1) is 0 Å². The van der Waals surface area contributed by atoms with E-state index in [-0.39, 0.29) is 6.10 Å². The third-order valence-electron chi connectivity index (χ3n) is 3.05. The van der Waals surface area contributed by atoms with Crippen molar-refractivity contribution in [3.05, 3.63) is 30.1 Å². The highest BCUT2D eigenvalue weighted by Crippen LogP contribution is 2.19. The molecule has 2 heterocycles. The van der Waals surface area contributed by atoms with Gasteiger partial charge in [0.1, 0.15) is 5.65 Å². The molecule has 0 bridgehead atoms.